The van der Waals surface area contributed by atoms with Crippen LogP contribution in [0.3, 0.4) is 0 Å². The molecule has 0 heterocycles. The molecule has 8 N–H and O–H groups in total. The van der Waals surface area contributed by atoms with Gasteiger partial charge >= 0.3 is 0 Å². The zero-order valence-corrected chi connectivity index (χ0v) is 26.2. The Bertz CT molecular complexity index is 757. The maximum absolute atomic E-state index is 6.92. The first-order valence-corrected chi connectivity index (χ1v) is 17.0. The molecule has 7 heteroatoms. The van der Waals surface area contributed by atoms with Crippen molar-refractivity contribution >= 4 is 0 Å². The molecule has 40 heavy (non-hydrogen) atoms. The highest BCUT2D eigenvalue weighted by Crippen LogP contribution is 2.69. The van der Waals surface area contributed by atoms with Gasteiger partial charge in [-0.25, -0.2) is 0 Å². The SMILES string of the molecule is C[C@H](CCCN)[C@H]1CC[C@H]2C3C(OCCCN)CC4C[C@H](OCCCN)CC[C@]4(C)[C@H]3C[C@H](OCCCN)C12C. The van der Waals surface area contributed by atoms with E-state index in [1.807, 2.05) is 0 Å². The van der Waals surface area contributed by atoms with E-state index in [9.17, 15) is 0 Å². The van der Waals surface area contributed by atoms with E-state index < -0.39 is 0 Å². The van der Waals surface area contributed by atoms with Crippen molar-refractivity contribution < 1.29 is 14.2 Å². The Balaban J connectivity index is 1.64. The van der Waals surface area contributed by atoms with Crippen LogP contribution in [0.4, 0.5) is 0 Å². The Morgan fingerprint density at radius 3 is 2.05 bits per heavy atom. The zero-order valence-electron chi connectivity index (χ0n) is 26.2. The van der Waals surface area contributed by atoms with E-state index in [1.54, 1.807) is 0 Å². The van der Waals surface area contributed by atoms with Crippen molar-refractivity contribution in [1.82, 2.24) is 0 Å². The average Bonchev–Trinajstić information content (AvgIpc) is 3.31. The van der Waals surface area contributed by atoms with E-state index >= 15 is 0 Å². The first-order valence-electron chi connectivity index (χ1n) is 17.0. The van der Waals surface area contributed by atoms with Crippen LogP contribution in [0.15, 0.2) is 0 Å². The molecule has 234 valence electrons. The van der Waals surface area contributed by atoms with Crippen molar-refractivity contribution in [3.05, 3.63) is 0 Å². The molecule has 0 bridgehead atoms. The largest absolute Gasteiger partial charge is 0.378 e. The lowest BCUT2D eigenvalue weighted by molar-refractivity contribution is -0.227. The summed E-state index contributed by atoms with van der Waals surface area (Å²) < 4.78 is 20.1. The Morgan fingerprint density at radius 1 is 0.725 bits per heavy atom. The van der Waals surface area contributed by atoms with Crippen molar-refractivity contribution in [3.63, 3.8) is 0 Å². The topological polar surface area (TPSA) is 132 Å². The molecule has 0 spiro atoms. The molecule has 0 radical (unpaired) electrons. The minimum Gasteiger partial charge on any atom is -0.378 e. The fraction of sp³-hybridized carbons (Fsp3) is 1.00. The summed E-state index contributed by atoms with van der Waals surface area (Å²) in [7, 11) is 0. The van der Waals surface area contributed by atoms with Gasteiger partial charge in [-0.1, -0.05) is 20.8 Å². The van der Waals surface area contributed by atoms with Crippen LogP contribution in [0, 0.1) is 46.3 Å². The summed E-state index contributed by atoms with van der Waals surface area (Å²) in [5, 5.41) is 0. The molecule has 7 nitrogen and oxygen atoms in total. The van der Waals surface area contributed by atoms with E-state index in [-0.39, 0.29) is 11.5 Å². The van der Waals surface area contributed by atoms with Crippen molar-refractivity contribution in [2.75, 3.05) is 46.0 Å². The predicted octanol–water partition coefficient (Wildman–Crippen LogP) is 4.44. The standard InChI is InChI=1S/C33H64N4O3/c1-23(8-4-13-34)26-9-10-27-31-28(22-30(33(26,27)3)40-19-7-16-37)32(2)12-11-25(38-17-5-14-35)20-24(32)21-29(31)39-18-6-15-36/h23-31H,4-22,34-37H2,1-3H3/t23-,24?,25-,26-,27+,28+,29?,30+,31?,32+,33?/m1/s1. The molecule has 0 saturated heterocycles. The molecule has 0 aromatic rings. The van der Waals surface area contributed by atoms with Crippen LogP contribution < -0.4 is 22.9 Å². The molecule has 0 aromatic heterocycles. The summed E-state index contributed by atoms with van der Waals surface area (Å²) in [6.07, 6.45) is 14.6. The summed E-state index contributed by atoms with van der Waals surface area (Å²) in [5.74, 6) is 3.83. The third kappa shape index (κ3) is 6.61. The second-order valence-corrected chi connectivity index (χ2v) is 14.4. The lowest BCUT2D eigenvalue weighted by Crippen LogP contribution is -2.63. The first-order chi connectivity index (χ1) is 19.3. The van der Waals surface area contributed by atoms with Crippen molar-refractivity contribution in [2.45, 2.75) is 116 Å². The van der Waals surface area contributed by atoms with Crippen LogP contribution in [0.2, 0.25) is 0 Å². The summed E-state index contributed by atoms with van der Waals surface area (Å²) in [6.45, 7) is 12.9. The van der Waals surface area contributed by atoms with Gasteiger partial charge < -0.3 is 37.1 Å². The monoisotopic (exact) mass is 564 g/mol. The third-order valence-corrected chi connectivity index (χ3v) is 12.4. The van der Waals surface area contributed by atoms with Crippen molar-refractivity contribution in [2.24, 2.45) is 69.3 Å². The van der Waals surface area contributed by atoms with E-state index in [2.05, 4.69) is 20.8 Å². The smallest absolute Gasteiger partial charge is 0.0637 e. The molecule has 4 saturated carbocycles. The van der Waals surface area contributed by atoms with Gasteiger partial charge in [0.2, 0.25) is 0 Å². The van der Waals surface area contributed by atoms with Gasteiger partial charge in [0.1, 0.15) is 0 Å². The maximum Gasteiger partial charge on any atom is 0.0637 e. The summed E-state index contributed by atoms with van der Waals surface area (Å²) in [6, 6.07) is 0. The number of rotatable bonds is 16. The molecule has 0 aromatic carbocycles. The van der Waals surface area contributed by atoms with E-state index in [0.717, 1.165) is 71.3 Å². The molecule has 0 aliphatic heterocycles. The van der Waals surface area contributed by atoms with Gasteiger partial charge in [0.15, 0.2) is 0 Å². The van der Waals surface area contributed by atoms with Gasteiger partial charge in [-0.05, 0) is 144 Å². The molecular formula is C33H64N4O3. The molecule has 4 unspecified atom stereocenters. The van der Waals surface area contributed by atoms with E-state index in [1.165, 1.54) is 32.1 Å². The Morgan fingerprint density at radius 2 is 1.38 bits per heavy atom. The van der Waals surface area contributed by atoms with Gasteiger partial charge in [0, 0.05) is 25.2 Å². The van der Waals surface area contributed by atoms with E-state index in [4.69, 9.17) is 37.1 Å². The van der Waals surface area contributed by atoms with Crippen molar-refractivity contribution in [3.8, 4) is 0 Å². The Labute approximate surface area is 245 Å². The van der Waals surface area contributed by atoms with Crippen LogP contribution in [-0.4, -0.2) is 64.3 Å². The molecular weight excluding hydrogens is 500 g/mol. The Kier molecular flexibility index (Phi) is 12.2. The lowest BCUT2D eigenvalue weighted by Gasteiger charge is -2.65. The summed E-state index contributed by atoms with van der Waals surface area (Å²) >= 11 is 0. The number of fused-ring (bicyclic) bond motifs is 5. The summed E-state index contributed by atoms with van der Waals surface area (Å²) in [5.41, 5.74) is 24.0. The lowest BCUT2D eigenvalue weighted by atomic mass is 9.43. The molecule has 11 atom stereocenters. The van der Waals surface area contributed by atoms with Crippen LogP contribution in [0.1, 0.15) is 97.8 Å². The van der Waals surface area contributed by atoms with Gasteiger partial charge in [0.05, 0.1) is 18.3 Å². The van der Waals surface area contributed by atoms with Gasteiger partial charge in [0.25, 0.3) is 0 Å². The van der Waals surface area contributed by atoms with Gasteiger partial charge in [-0.15, -0.1) is 0 Å². The normalized spacial score (nSPS) is 41.8. The highest BCUT2D eigenvalue weighted by molar-refractivity contribution is 5.15. The van der Waals surface area contributed by atoms with Crippen LogP contribution in [-0.2, 0) is 14.2 Å². The summed E-state index contributed by atoms with van der Waals surface area (Å²) in [4.78, 5) is 0. The molecule has 4 fully saturated rings. The molecule has 4 rings (SSSR count). The highest BCUT2D eigenvalue weighted by atomic mass is 16.5. The fourth-order valence-corrected chi connectivity index (χ4v) is 10.2. The van der Waals surface area contributed by atoms with E-state index in [0.29, 0.717) is 72.8 Å². The molecule has 4 aliphatic carbocycles. The van der Waals surface area contributed by atoms with Crippen LogP contribution in [0.25, 0.3) is 0 Å². The molecule has 0 amide bonds. The average molecular weight is 565 g/mol. The first kappa shape index (κ1) is 32.6. The van der Waals surface area contributed by atoms with Crippen LogP contribution in [0.5, 0.6) is 0 Å². The van der Waals surface area contributed by atoms with Gasteiger partial charge in [-0.3, -0.25) is 0 Å². The third-order valence-electron chi connectivity index (χ3n) is 12.4. The minimum absolute atomic E-state index is 0.172. The molecule has 4 aliphatic rings. The number of ether oxygens (including phenoxy) is 3. The van der Waals surface area contributed by atoms with Crippen molar-refractivity contribution in [1.29, 1.82) is 0 Å². The van der Waals surface area contributed by atoms with Gasteiger partial charge in [-0.2, -0.15) is 0 Å². The quantitative estimate of drug-likeness (QED) is 0.204. The highest BCUT2D eigenvalue weighted by Gasteiger charge is 2.66. The fourth-order valence-electron chi connectivity index (χ4n) is 10.2. The van der Waals surface area contributed by atoms with Crippen LogP contribution >= 0.6 is 0 Å². The number of nitrogens with two attached hydrogens (primary N) is 4. The predicted molar refractivity (Wildman–Crippen MR) is 164 cm³/mol. The maximum atomic E-state index is 6.92. The Hall–Kier alpha value is -0.280. The second-order valence-electron chi connectivity index (χ2n) is 14.4. The number of hydrogen-bond donors (Lipinski definition) is 4. The number of hydrogen-bond acceptors (Lipinski definition) is 7. The second kappa shape index (κ2) is 14.9. The zero-order chi connectivity index (χ0) is 28.8. The minimum atomic E-state index is 0.172.